The normalized spacial score (nSPS) is 23.4. The molecule has 1 fully saturated rings. The van der Waals surface area contributed by atoms with Crippen LogP contribution >= 0.6 is 0 Å². The molecule has 2 aromatic rings. The number of Topliss-reactive ketones (excluding diaryl/α,β-unsaturated/α-hetero) is 1. The van der Waals surface area contributed by atoms with Gasteiger partial charge in [0.1, 0.15) is 6.04 Å². The Labute approximate surface area is 153 Å². The van der Waals surface area contributed by atoms with Crippen molar-refractivity contribution in [1.82, 2.24) is 4.90 Å². The average molecular weight is 347 g/mol. The smallest absolute Gasteiger partial charge is 0.327 e. The minimum absolute atomic E-state index is 0.0823. The Bertz CT molecular complexity index is 844. The standard InChI is InChI=1S/C22H21NO3/c1-26-22(25)20(16-10-6-3-7-11-16)23-13-17-12-18(21(24)19(17)14-23)15-8-4-2-5-9-15/h2-12,17,19-20H,13-14H2,1H3/t17-,19+,20?/m1/s1. The van der Waals surface area contributed by atoms with Gasteiger partial charge < -0.3 is 4.74 Å². The maximum atomic E-state index is 12.9. The van der Waals surface area contributed by atoms with E-state index in [1.54, 1.807) is 0 Å². The lowest BCUT2D eigenvalue weighted by Gasteiger charge is -2.26. The number of nitrogens with zero attached hydrogens (tertiary/aromatic N) is 1. The molecule has 0 aromatic heterocycles. The molecule has 3 atom stereocenters. The number of ether oxygens (including phenoxy) is 1. The van der Waals surface area contributed by atoms with Crippen molar-refractivity contribution < 1.29 is 14.3 Å². The zero-order valence-electron chi connectivity index (χ0n) is 14.7. The number of likely N-dealkylation sites (tertiary alicyclic amines) is 1. The van der Waals surface area contributed by atoms with Crippen molar-refractivity contribution in [3.8, 4) is 0 Å². The topological polar surface area (TPSA) is 46.6 Å². The zero-order chi connectivity index (χ0) is 18.1. The number of benzene rings is 2. The van der Waals surface area contributed by atoms with Crippen LogP contribution in [-0.4, -0.2) is 36.9 Å². The molecular weight excluding hydrogens is 326 g/mol. The lowest BCUT2D eigenvalue weighted by molar-refractivity contribution is -0.147. The van der Waals surface area contributed by atoms with Crippen LogP contribution in [0.1, 0.15) is 17.2 Å². The Morgan fingerprint density at radius 2 is 1.69 bits per heavy atom. The van der Waals surface area contributed by atoms with E-state index in [-0.39, 0.29) is 23.6 Å². The summed E-state index contributed by atoms with van der Waals surface area (Å²) < 4.78 is 5.04. The highest BCUT2D eigenvalue weighted by atomic mass is 16.5. The van der Waals surface area contributed by atoms with Gasteiger partial charge in [-0.3, -0.25) is 9.69 Å². The van der Waals surface area contributed by atoms with Crippen LogP contribution in [0.15, 0.2) is 66.7 Å². The van der Waals surface area contributed by atoms with Crippen LogP contribution in [0.3, 0.4) is 0 Å². The molecule has 0 spiro atoms. The minimum atomic E-state index is -0.465. The van der Waals surface area contributed by atoms with Crippen molar-refractivity contribution in [2.75, 3.05) is 20.2 Å². The highest BCUT2D eigenvalue weighted by molar-refractivity contribution is 6.24. The van der Waals surface area contributed by atoms with Gasteiger partial charge in [0.25, 0.3) is 0 Å². The third-order valence-electron chi connectivity index (χ3n) is 5.37. The summed E-state index contributed by atoms with van der Waals surface area (Å²) in [6, 6.07) is 19.0. The first-order valence-corrected chi connectivity index (χ1v) is 8.87. The molecular formula is C22H21NO3. The quantitative estimate of drug-likeness (QED) is 0.798. The largest absolute Gasteiger partial charge is 0.468 e. The van der Waals surface area contributed by atoms with Crippen LogP contribution in [0.4, 0.5) is 0 Å². The molecule has 4 nitrogen and oxygen atoms in total. The molecule has 1 heterocycles. The van der Waals surface area contributed by atoms with E-state index in [1.807, 2.05) is 60.7 Å². The summed E-state index contributed by atoms with van der Waals surface area (Å²) in [6.45, 7) is 1.26. The molecule has 26 heavy (non-hydrogen) atoms. The molecule has 2 aromatic carbocycles. The Kier molecular flexibility index (Phi) is 4.43. The van der Waals surface area contributed by atoms with E-state index < -0.39 is 6.04 Å². The van der Waals surface area contributed by atoms with E-state index in [2.05, 4.69) is 11.0 Å². The van der Waals surface area contributed by atoms with Crippen molar-refractivity contribution >= 4 is 17.3 Å². The Balaban J connectivity index is 1.60. The lowest BCUT2D eigenvalue weighted by Crippen LogP contribution is -2.34. The van der Waals surface area contributed by atoms with Gasteiger partial charge in [0.15, 0.2) is 5.78 Å². The fourth-order valence-electron chi connectivity index (χ4n) is 4.11. The van der Waals surface area contributed by atoms with Gasteiger partial charge in [-0.2, -0.15) is 0 Å². The molecule has 0 amide bonds. The monoisotopic (exact) mass is 347 g/mol. The van der Waals surface area contributed by atoms with Gasteiger partial charge in [-0.25, -0.2) is 4.79 Å². The Hall–Kier alpha value is -2.72. The number of rotatable bonds is 4. The molecule has 1 saturated heterocycles. The Morgan fingerprint density at radius 3 is 2.31 bits per heavy atom. The van der Waals surface area contributed by atoms with E-state index in [4.69, 9.17) is 4.74 Å². The second-order valence-corrected chi connectivity index (χ2v) is 6.87. The number of esters is 1. The number of ketones is 1. The predicted molar refractivity (Wildman–Crippen MR) is 99.2 cm³/mol. The Morgan fingerprint density at radius 1 is 1.04 bits per heavy atom. The first-order chi connectivity index (χ1) is 12.7. The predicted octanol–water partition coefficient (Wildman–Crippen LogP) is 3.12. The molecule has 0 N–H and O–H groups in total. The van der Waals surface area contributed by atoms with Crippen molar-refractivity contribution in [3.05, 3.63) is 77.9 Å². The van der Waals surface area contributed by atoms with E-state index in [1.165, 1.54) is 7.11 Å². The molecule has 0 saturated carbocycles. The first kappa shape index (κ1) is 16.7. The zero-order valence-corrected chi connectivity index (χ0v) is 14.7. The molecule has 4 rings (SSSR count). The van der Waals surface area contributed by atoms with Crippen LogP contribution < -0.4 is 0 Å². The van der Waals surface area contributed by atoms with Gasteiger partial charge in [-0.05, 0) is 11.1 Å². The van der Waals surface area contributed by atoms with Crippen molar-refractivity contribution in [2.45, 2.75) is 6.04 Å². The van der Waals surface area contributed by atoms with Crippen molar-refractivity contribution in [2.24, 2.45) is 11.8 Å². The molecule has 1 aliphatic carbocycles. The number of hydrogen-bond acceptors (Lipinski definition) is 4. The highest BCUT2D eigenvalue weighted by Crippen LogP contribution is 2.41. The van der Waals surface area contributed by atoms with Crippen LogP contribution in [0.5, 0.6) is 0 Å². The summed E-state index contributed by atoms with van der Waals surface area (Å²) in [4.78, 5) is 27.4. The summed E-state index contributed by atoms with van der Waals surface area (Å²) in [5.74, 6) is -0.0362. The summed E-state index contributed by atoms with van der Waals surface area (Å²) in [7, 11) is 1.41. The fraction of sp³-hybridized carbons (Fsp3) is 0.273. The van der Waals surface area contributed by atoms with Gasteiger partial charge in [-0.1, -0.05) is 66.7 Å². The fourth-order valence-corrected chi connectivity index (χ4v) is 4.11. The van der Waals surface area contributed by atoms with Crippen molar-refractivity contribution in [3.63, 3.8) is 0 Å². The maximum Gasteiger partial charge on any atom is 0.327 e. The summed E-state index contributed by atoms with van der Waals surface area (Å²) >= 11 is 0. The molecule has 1 unspecified atom stereocenters. The summed E-state index contributed by atoms with van der Waals surface area (Å²) in [5.41, 5.74) is 2.69. The van der Waals surface area contributed by atoms with Gasteiger partial charge in [0.05, 0.1) is 7.11 Å². The molecule has 132 valence electrons. The van der Waals surface area contributed by atoms with Crippen LogP contribution in [0.2, 0.25) is 0 Å². The number of methoxy groups -OCH3 is 1. The number of allylic oxidation sites excluding steroid dienone is 1. The third-order valence-corrected chi connectivity index (χ3v) is 5.37. The second-order valence-electron chi connectivity index (χ2n) is 6.87. The van der Waals surface area contributed by atoms with E-state index in [9.17, 15) is 9.59 Å². The average Bonchev–Trinajstić information content (AvgIpc) is 3.23. The maximum absolute atomic E-state index is 12.9. The molecule has 2 aliphatic rings. The minimum Gasteiger partial charge on any atom is -0.468 e. The van der Waals surface area contributed by atoms with Gasteiger partial charge >= 0.3 is 5.97 Å². The first-order valence-electron chi connectivity index (χ1n) is 8.87. The number of carbonyl (C=O) groups excluding carboxylic acids is 2. The van der Waals surface area contributed by atoms with Gasteiger partial charge in [0.2, 0.25) is 0 Å². The summed E-state index contributed by atoms with van der Waals surface area (Å²) in [5, 5.41) is 0. The number of hydrogen-bond donors (Lipinski definition) is 0. The molecule has 0 radical (unpaired) electrons. The van der Waals surface area contributed by atoms with E-state index in [0.717, 1.165) is 16.7 Å². The van der Waals surface area contributed by atoms with Gasteiger partial charge in [0, 0.05) is 30.5 Å². The third kappa shape index (κ3) is 2.86. The molecule has 0 bridgehead atoms. The van der Waals surface area contributed by atoms with Gasteiger partial charge in [-0.15, -0.1) is 0 Å². The van der Waals surface area contributed by atoms with E-state index >= 15 is 0 Å². The van der Waals surface area contributed by atoms with Crippen LogP contribution in [0, 0.1) is 11.8 Å². The lowest BCUT2D eigenvalue weighted by atomic mass is 9.97. The molecule has 1 aliphatic heterocycles. The van der Waals surface area contributed by atoms with Crippen LogP contribution in [0.25, 0.3) is 5.57 Å². The SMILES string of the molecule is COC(=O)C(c1ccccc1)N1C[C@H]2C=C(c3ccccc3)C(=O)[C@H]2C1. The van der Waals surface area contributed by atoms with Crippen LogP contribution in [-0.2, 0) is 14.3 Å². The molecule has 4 heteroatoms. The van der Waals surface area contributed by atoms with Crippen molar-refractivity contribution in [1.29, 1.82) is 0 Å². The number of carbonyl (C=O) groups is 2. The highest BCUT2D eigenvalue weighted by Gasteiger charge is 2.46. The van der Waals surface area contributed by atoms with E-state index in [0.29, 0.717) is 13.1 Å². The number of fused-ring (bicyclic) bond motifs is 1. The summed E-state index contributed by atoms with van der Waals surface area (Å²) in [6.07, 6.45) is 2.08. The second kappa shape index (κ2) is 6.89.